The number of amides is 2. The van der Waals surface area contributed by atoms with Gasteiger partial charge < -0.3 is 16.0 Å². The number of rotatable bonds is 6. The average molecular weight is 428 g/mol. The van der Waals surface area contributed by atoms with E-state index in [4.69, 9.17) is 17.3 Å². The highest BCUT2D eigenvalue weighted by Crippen LogP contribution is 2.29. The van der Waals surface area contributed by atoms with Crippen LogP contribution >= 0.6 is 11.6 Å². The molecule has 1 heterocycles. The van der Waals surface area contributed by atoms with Gasteiger partial charge in [-0.2, -0.15) is 0 Å². The Morgan fingerprint density at radius 2 is 1.67 bits per heavy atom. The lowest BCUT2D eigenvalue weighted by molar-refractivity contribution is -0.137. The van der Waals surface area contributed by atoms with E-state index in [1.807, 2.05) is 43.0 Å². The quantitative estimate of drug-likeness (QED) is 0.684. The van der Waals surface area contributed by atoms with Crippen molar-refractivity contribution in [2.75, 3.05) is 18.8 Å². The molecule has 3 N–H and O–H groups in total. The maximum atomic E-state index is 12.9. The van der Waals surface area contributed by atoms with Gasteiger partial charge in [0, 0.05) is 29.8 Å². The highest BCUT2D eigenvalue weighted by Gasteiger charge is 2.29. The van der Waals surface area contributed by atoms with E-state index in [-0.39, 0.29) is 30.2 Å². The molecule has 5 nitrogen and oxygen atoms in total. The largest absolute Gasteiger partial charge is 0.399 e. The van der Waals surface area contributed by atoms with Crippen LogP contribution in [-0.4, -0.2) is 35.8 Å². The van der Waals surface area contributed by atoms with Crippen LogP contribution in [0.25, 0.3) is 0 Å². The number of benzene rings is 2. The monoisotopic (exact) mass is 427 g/mol. The van der Waals surface area contributed by atoms with E-state index < -0.39 is 0 Å². The van der Waals surface area contributed by atoms with Gasteiger partial charge in [0.05, 0.1) is 12.3 Å². The normalized spacial score (nSPS) is 16.7. The van der Waals surface area contributed by atoms with Crippen LogP contribution in [0.5, 0.6) is 0 Å². The third kappa shape index (κ3) is 5.76. The van der Waals surface area contributed by atoms with E-state index >= 15 is 0 Å². The zero-order valence-corrected chi connectivity index (χ0v) is 18.4. The minimum atomic E-state index is -0.271. The van der Waals surface area contributed by atoms with Crippen LogP contribution in [0.3, 0.4) is 0 Å². The van der Waals surface area contributed by atoms with Crippen molar-refractivity contribution in [1.29, 1.82) is 0 Å². The van der Waals surface area contributed by atoms with Gasteiger partial charge in [-0.15, -0.1) is 0 Å². The first kappa shape index (κ1) is 22.2. The summed E-state index contributed by atoms with van der Waals surface area (Å²) in [5.74, 6) is 0.198. The van der Waals surface area contributed by atoms with Crippen molar-refractivity contribution < 1.29 is 9.59 Å². The van der Waals surface area contributed by atoms with Crippen LogP contribution in [0.1, 0.15) is 43.7 Å². The van der Waals surface area contributed by atoms with E-state index in [9.17, 15) is 9.59 Å². The number of hydrogen-bond acceptors (Lipinski definition) is 3. The van der Waals surface area contributed by atoms with Crippen molar-refractivity contribution in [2.24, 2.45) is 5.92 Å². The van der Waals surface area contributed by atoms with Gasteiger partial charge in [0.15, 0.2) is 0 Å². The molecule has 1 aliphatic rings. The van der Waals surface area contributed by atoms with Crippen molar-refractivity contribution in [3.05, 3.63) is 64.7 Å². The summed E-state index contributed by atoms with van der Waals surface area (Å²) in [4.78, 5) is 27.2. The van der Waals surface area contributed by atoms with Gasteiger partial charge in [-0.25, -0.2) is 0 Å². The summed E-state index contributed by atoms with van der Waals surface area (Å²) >= 11 is 5.98. The van der Waals surface area contributed by atoms with Gasteiger partial charge in [-0.1, -0.05) is 42.8 Å². The van der Waals surface area contributed by atoms with Crippen molar-refractivity contribution in [3.8, 4) is 0 Å². The lowest BCUT2D eigenvalue weighted by Gasteiger charge is -2.35. The predicted octanol–water partition coefficient (Wildman–Crippen LogP) is 4.01. The smallest absolute Gasteiger partial charge is 0.227 e. The van der Waals surface area contributed by atoms with Gasteiger partial charge in [-0.05, 0) is 61.1 Å². The number of piperidine rings is 1. The van der Waals surface area contributed by atoms with Crippen LogP contribution in [0, 0.1) is 5.92 Å². The maximum Gasteiger partial charge on any atom is 0.227 e. The molecule has 2 amide bonds. The van der Waals surface area contributed by atoms with E-state index in [1.165, 1.54) is 5.56 Å². The second kappa shape index (κ2) is 9.98. The molecule has 3 rings (SSSR count). The Morgan fingerprint density at radius 3 is 2.27 bits per heavy atom. The number of carbonyl (C=O) groups excluding carboxylic acids is 2. The Labute approximate surface area is 183 Å². The molecule has 0 aliphatic carbocycles. The van der Waals surface area contributed by atoms with Crippen LogP contribution in [0.4, 0.5) is 5.69 Å². The van der Waals surface area contributed by atoms with Crippen molar-refractivity contribution >= 4 is 29.1 Å². The van der Waals surface area contributed by atoms with E-state index in [1.54, 1.807) is 12.1 Å². The highest BCUT2D eigenvalue weighted by atomic mass is 35.5. The van der Waals surface area contributed by atoms with E-state index in [0.717, 1.165) is 36.5 Å². The first-order valence-electron chi connectivity index (χ1n) is 10.5. The summed E-state index contributed by atoms with van der Waals surface area (Å²) in [6, 6.07) is 15.0. The second-order valence-corrected chi connectivity index (χ2v) is 8.65. The van der Waals surface area contributed by atoms with E-state index in [2.05, 4.69) is 17.4 Å². The molecule has 160 valence electrons. The number of likely N-dealkylation sites (tertiary alicyclic amines) is 1. The third-order valence-electron chi connectivity index (χ3n) is 6.02. The van der Waals surface area contributed by atoms with Gasteiger partial charge >= 0.3 is 0 Å². The number of halogens is 1. The molecule has 2 aromatic carbocycles. The van der Waals surface area contributed by atoms with Gasteiger partial charge in [0.25, 0.3) is 0 Å². The van der Waals surface area contributed by atoms with Gasteiger partial charge in [-0.3, -0.25) is 9.59 Å². The summed E-state index contributed by atoms with van der Waals surface area (Å²) in [5.41, 5.74) is 8.53. The molecule has 30 heavy (non-hydrogen) atoms. The number of carbonyl (C=O) groups is 2. The fourth-order valence-corrected chi connectivity index (χ4v) is 4.05. The molecule has 0 saturated carbocycles. The number of hydrogen-bond donors (Lipinski definition) is 2. The standard InChI is InChI=1S/C24H30ClN3O2/c1-16(17(2)27-23(29)15-18-3-9-22(26)10-4-18)24(30)28-13-11-20(12-14-28)19-5-7-21(25)8-6-19/h3-10,16-17,20H,11-15,26H2,1-2H3,(H,27,29). The minimum Gasteiger partial charge on any atom is -0.399 e. The van der Waals surface area contributed by atoms with Gasteiger partial charge in [0.2, 0.25) is 11.8 Å². The Hall–Kier alpha value is -2.53. The summed E-state index contributed by atoms with van der Waals surface area (Å²) < 4.78 is 0. The minimum absolute atomic E-state index is 0.0895. The molecule has 1 saturated heterocycles. The number of nitrogens with one attached hydrogen (secondary N) is 1. The summed E-state index contributed by atoms with van der Waals surface area (Å²) in [6.07, 6.45) is 2.16. The lowest BCUT2D eigenvalue weighted by atomic mass is 9.88. The summed E-state index contributed by atoms with van der Waals surface area (Å²) in [6.45, 7) is 5.26. The molecular weight excluding hydrogens is 398 g/mol. The van der Waals surface area contributed by atoms with Crippen molar-refractivity contribution in [1.82, 2.24) is 10.2 Å². The topological polar surface area (TPSA) is 75.4 Å². The maximum absolute atomic E-state index is 12.9. The zero-order valence-electron chi connectivity index (χ0n) is 17.6. The first-order chi connectivity index (χ1) is 14.3. The second-order valence-electron chi connectivity index (χ2n) is 8.21. The average Bonchev–Trinajstić information content (AvgIpc) is 2.75. The molecule has 1 fully saturated rings. The molecule has 0 radical (unpaired) electrons. The molecule has 1 aliphatic heterocycles. The molecule has 2 unspecified atom stereocenters. The Bertz CT molecular complexity index is 859. The molecular formula is C24H30ClN3O2. The number of nitrogens with two attached hydrogens (primary N) is 1. The predicted molar refractivity (Wildman–Crippen MR) is 121 cm³/mol. The molecule has 6 heteroatoms. The Kier molecular flexibility index (Phi) is 7.38. The summed E-state index contributed by atoms with van der Waals surface area (Å²) in [7, 11) is 0. The van der Waals surface area contributed by atoms with Crippen molar-refractivity contribution in [2.45, 2.75) is 45.1 Å². The number of nitrogens with zero attached hydrogens (tertiary/aromatic N) is 1. The molecule has 2 atom stereocenters. The van der Waals surface area contributed by atoms with E-state index in [0.29, 0.717) is 11.6 Å². The van der Waals surface area contributed by atoms with Gasteiger partial charge in [0.1, 0.15) is 0 Å². The van der Waals surface area contributed by atoms with Crippen LogP contribution in [0.15, 0.2) is 48.5 Å². The number of nitrogen functional groups attached to an aromatic ring is 1. The zero-order chi connectivity index (χ0) is 21.7. The molecule has 0 bridgehead atoms. The Balaban J connectivity index is 1.48. The van der Waals surface area contributed by atoms with Crippen LogP contribution in [-0.2, 0) is 16.0 Å². The van der Waals surface area contributed by atoms with Crippen LogP contribution < -0.4 is 11.1 Å². The first-order valence-corrected chi connectivity index (χ1v) is 10.9. The third-order valence-corrected chi connectivity index (χ3v) is 6.27. The SMILES string of the molecule is CC(NC(=O)Cc1ccc(N)cc1)C(C)C(=O)N1CCC(c2ccc(Cl)cc2)CC1. The fourth-order valence-electron chi connectivity index (χ4n) is 3.92. The highest BCUT2D eigenvalue weighted by molar-refractivity contribution is 6.30. The molecule has 0 aromatic heterocycles. The molecule has 2 aromatic rings. The van der Waals surface area contributed by atoms with Crippen LogP contribution in [0.2, 0.25) is 5.02 Å². The molecule has 0 spiro atoms. The van der Waals surface area contributed by atoms with Crippen molar-refractivity contribution in [3.63, 3.8) is 0 Å². The summed E-state index contributed by atoms with van der Waals surface area (Å²) in [5, 5.41) is 3.72. The lowest BCUT2D eigenvalue weighted by Crippen LogP contribution is -2.47. The Morgan fingerprint density at radius 1 is 1.07 bits per heavy atom. The fraction of sp³-hybridized carbons (Fsp3) is 0.417. The number of anilines is 1.